The summed E-state index contributed by atoms with van der Waals surface area (Å²) in [5.41, 5.74) is 0.860. The van der Waals surface area contributed by atoms with Gasteiger partial charge in [-0.05, 0) is 86.5 Å². The van der Waals surface area contributed by atoms with Crippen molar-refractivity contribution in [2.75, 3.05) is 0 Å². The van der Waals surface area contributed by atoms with Crippen LogP contribution in [-0.2, 0) is 12.8 Å². The lowest BCUT2D eigenvalue weighted by Gasteiger charge is -2.30. The van der Waals surface area contributed by atoms with Gasteiger partial charge in [-0.3, -0.25) is 0 Å². The van der Waals surface area contributed by atoms with Crippen LogP contribution in [0.25, 0.3) is 0 Å². The van der Waals surface area contributed by atoms with Crippen LogP contribution in [0.15, 0.2) is 24.3 Å². The van der Waals surface area contributed by atoms with E-state index in [4.69, 9.17) is 4.74 Å². The molecule has 2 aliphatic rings. The second kappa shape index (κ2) is 18.3. The molecule has 0 unspecified atom stereocenters. The number of ether oxygens (including phenoxy) is 1. The number of halogens is 2. The highest BCUT2D eigenvalue weighted by Gasteiger charge is 2.27. The van der Waals surface area contributed by atoms with Gasteiger partial charge in [0.25, 0.3) is 0 Å². The lowest BCUT2D eigenvalue weighted by atomic mass is 9.77. The Bertz CT molecular complexity index is 1190. The van der Waals surface area contributed by atoms with Gasteiger partial charge in [0.2, 0.25) is 0 Å². The minimum absolute atomic E-state index is 0.0136. The molecule has 0 spiro atoms. The van der Waals surface area contributed by atoms with E-state index in [0.717, 1.165) is 37.5 Å². The van der Waals surface area contributed by atoms with E-state index < -0.39 is 11.6 Å². The molecular weight excluding hydrogens is 562 g/mol. The molecule has 244 valence electrons. The fourth-order valence-electron chi connectivity index (χ4n) is 7.82. The normalized spacial score (nSPS) is 21.6. The van der Waals surface area contributed by atoms with Gasteiger partial charge in [0.05, 0.1) is 11.1 Å². The monoisotopic (exact) mass is 616 g/mol. The van der Waals surface area contributed by atoms with Gasteiger partial charge in [0.15, 0.2) is 0 Å². The second-order valence-electron chi connectivity index (χ2n) is 14.0. The van der Waals surface area contributed by atoms with Crippen molar-refractivity contribution in [2.45, 2.75) is 142 Å². The average molecular weight is 617 g/mol. The van der Waals surface area contributed by atoms with E-state index in [1.807, 2.05) is 12.1 Å². The molecule has 2 aromatic rings. The first-order valence-corrected chi connectivity index (χ1v) is 18.1. The van der Waals surface area contributed by atoms with Crippen LogP contribution in [0.3, 0.4) is 0 Å². The Hall–Kier alpha value is -2.92. The number of hydrogen-bond acceptors (Lipinski definition) is 3. The molecule has 5 heteroatoms. The maximum atomic E-state index is 15.7. The number of benzene rings is 2. The largest absolute Gasteiger partial charge is 0.457 e. The number of hydrogen-bond donors (Lipinski definition) is 0. The summed E-state index contributed by atoms with van der Waals surface area (Å²) in [5, 5.41) is 19.2. The van der Waals surface area contributed by atoms with Crippen molar-refractivity contribution < 1.29 is 13.5 Å². The Morgan fingerprint density at radius 1 is 0.578 bits per heavy atom. The molecule has 2 aliphatic carbocycles. The molecule has 2 saturated carbocycles. The summed E-state index contributed by atoms with van der Waals surface area (Å²) in [7, 11) is 0. The minimum atomic E-state index is -0.524. The van der Waals surface area contributed by atoms with E-state index in [9.17, 15) is 10.5 Å². The van der Waals surface area contributed by atoms with Crippen LogP contribution < -0.4 is 4.74 Å². The lowest BCUT2D eigenvalue weighted by Crippen LogP contribution is -2.18. The van der Waals surface area contributed by atoms with Gasteiger partial charge in [-0.15, -0.1) is 0 Å². The molecular formula is C40H54F2N2O. The summed E-state index contributed by atoms with van der Waals surface area (Å²) >= 11 is 0. The molecule has 3 nitrogen and oxygen atoms in total. The third-order valence-corrected chi connectivity index (χ3v) is 10.7. The van der Waals surface area contributed by atoms with Crippen molar-refractivity contribution in [1.29, 1.82) is 10.5 Å². The maximum absolute atomic E-state index is 15.7. The zero-order chi connectivity index (χ0) is 32.0. The van der Waals surface area contributed by atoms with Crippen LogP contribution in [-0.4, -0.2) is 0 Å². The van der Waals surface area contributed by atoms with Crippen molar-refractivity contribution in [2.24, 2.45) is 23.7 Å². The first-order valence-electron chi connectivity index (χ1n) is 18.1. The molecule has 0 saturated heterocycles. The van der Waals surface area contributed by atoms with E-state index in [-0.39, 0.29) is 11.1 Å². The molecule has 2 fully saturated rings. The standard InChI is InChI=1S/C40H54F2N2O/c1-3-5-7-9-11-29-13-17-31(18-14-29)25-35-37(23-21-33(27-43)39(35)41)45-38-24-22-34(28-44)40(42)36(38)26-32-19-15-30(16-20-32)12-10-8-6-4-2/h21-24,29-32H,3-20,25-26H2,1-2H3/t29-,30-,31-,32-. The molecule has 0 atom stereocenters. The molecule has 4 rings (SSSR count). The third-order valence-electron chi connectivity index (χ3n) is 10.7. The Balaban J connectivity index is 1.46. The van der Waals surface area contributed by atoms with Crippen molar-refractivity contribution in [1.82, 2.24) is 0 Å². The quantitative estimate of drug-likeness (QED) is 0.176. The van der Waals surface area contributed by atoms with Crippen molar-refractivity contribution in [3.8, 4) is 23.6 Å². The highest BCUT2D eigenvalue weighted by atomic mass is 19.1. The van der Waals surface area contributed by atoms with Crippen LogP contribution in [0.5, 0.6) is 11.5 Å². The van der Waals surface area contributed by atoms with Gasteiger partial charge in [-0.25, -0.2) is 8.78 Å². The Kier molecular flexibility index (Phi) is 14.2. The fraction of sp³-hybridized carbons (Fsp3) is 0.650. The molecule has 2 aromatic carbocycles. The second-order valence-corrected chi connectivity index (χ2v) is 14.0. The predicted molar refractivity (Wildman–Crippen MR) is 178 cm³/mol. The summed E-state index contributed by atoms with van der Waals surface area (Å²) in [6.07, 6.45) is 22.8. The van der Waals surface area contributed by atoms with Crippen LogP contribution in [0.4, 0.5) is 8.78 Å². The Morgan fingerprint density at radius 3 is 1.31 bits per heavy atom. The first kappa shape index (κ1) is 34.9. The SMILES string of the molecule is CCCCCC[C@H]1CC[C@H](Cc2c(Oc3ccc(C#N)c(F)c3C[C@H]3CC[C@H](CCCCCC)CC3)ccc(C#N)c2F)CC1. The number of rotatable bonds is 16. The summed E-state index contributed by atoms with van der Waals surface area (Å²) in [6.45, 7) is 4.48. The highest BCUT2D eigenvalue weighted by molar-refractivity contribution is 5.49. The Labute approximate surface area is 271 Å². The van der Waals surface area contributed by atoms with Crippen molar-refractivity contribution >= 4 is 0 Å². The summed E-state index contributed by atoms with van der Waals surface area (Å²) in [6, 6.07) is 10.2. The maximum Gasteiger partial charge on any atom is 0.147 e. The van der Waals surface area contributed by atoms with Gasteiger partial charge < -0.3 is 4.74 Å². The third kappa shape index (κ3) is 10.0. The Morgan fingerprint density at radius 2 is 0.956 bits per heavy atom. The smallest absolute Gasteiger partial charge is 0.147 e. The van der Waals surface area contributed by atoms with Gasteiger partial charge in [0.1, 0.15) is 35.3 Å². The van der Waals surface area contributed by atoms with E-state index in [1.54, 1.807) is 12.1 Å². The molecule has 45 heavy (non-hydrogen) atoms. The van der Waals surface area contributed by atoms with E-state index in [2.05, 4.69) is 13.8 Å². The molecule has 0 heterocycles. The topological polar surface area (TPSA) is 56.8 Å². The summed E-state index contributed by atoms with van der Waals surface area (Å²) in [5.74, 6) is 1.83. The van der Waals surface area contributed by atoms with Gasteiger partial charge in [0, 0.05) is 11.1 Å². The lowest BCUT2D eigenvalue weighted by molar-refractivity contribution is 0.253. The van der Waals surface area contributed by atoms with Crippen LogP contribution in [0.1, 0.15) is 152 Å². The van der Waals surface area contributed by atoms with E-state index in [1.165, 1.54) is 102 Å². The molecule has 0 aliphatic heterocycles. The van der Waals surface area contributed by atoms with Gasteiger partial charge in [-0.1, -0.05) is 104 Å². The van der Waals surface area contributed by atoms with Crippen LogP contribution in [0.2, 0.25) is 0 Å². The van der Waals surface area contributed by atoms with Gasteiger partial charge in [-0.2, -0.15) is 10.5 Å². The first-order chi connectivity index (χ1) is 22.0. The van der Waals surface area contributed by atoms with Crippen LogP contribution in [0, 0.1) is 58.0 Å². The zero-order valence-electron chi connectivity index (χ0n) is 27.8. The van der Waals surface area contributed by atoms with E-state index >= 15 is 8.78 Å². The molecule has 0 bridgehead atoms. The molecule has 0 N–H and O–H groups in total. The fourth-order valence-corrected chi connectivity index (χ4v) is 7.82. The molecule has 0 radical (unpaired) electrons. The van der Waals surface area contributed by atoms with Crippen molar-refractivity contribution in [3.63, 3.8) is 0 Å². The summed E-state index contributed by atoms with van der Waals surface area (Å²) in [4.78, 5) is 0. The zero-order valence-corrected chi connectivity index (χ0v) is 27.8. The van der Waals surface area contributed by atoms with E-state index in [0.29, 0.717) is 47.3 Å². The van der Waals surface area contributed by atoms with Crippen molar-refractivity contribution in [3.05, 3.63) is 58.2 Å². The molecule has 0 aromatic heterocycles. The molecule has 0 amide bonds. The number of nitriles is 2. The summed E-state index contributed by atoms with van der Waals surface area (Å²) < 4.78 is 37.8. The number of nitrogens with zero attached hydrogens (tertiary/aromatic N) is 2. The van der Waals surface area contributed by atoms with Gasteiger partial charge >= 0.3 is 0 Å². The number of unbranched alkanes of at least 4 members (excludes halogenated alkanes) is 6. The predicted octanol–water partition coefficient (Wildman–Crippen LogP) is 12.1. The average Bonchev–Trinajstić information content (AvgIpc) is 3.06. The highest BCUT2D eigenvalue weighted by Crippen LogP contribution is 2.41. The van der Waals surface area contributed by atoms with Crippen LogP contribution >= 0.6 is 0 Å². The minimum Gasteiger partial charge on any atom is -0.457 e.